The van der Waals surface area contributed by atoms with Gasteiger partial charge in [0.2, 0.25) is 0 Å². The zero-order valence-corrected chi connectivity index (χ0v) is 15.5. The highest BCUT2D eigenvalue weighted by atomic mass is 35.5. The molecule has 2 aliphatic rings. The number of benzene rings is 2. The minimum atomic E-state index is -0.379. The Bertz CT molecular complexity index is 814. The Balaban J connectivity index is 1.76. The summed E-state index contributed by atoms with van der Waals surface area (Å²) < 4.78 is 19.7. The molecule has 2 aliphatic heterocycles. The van der Waals surface area contributed by atoms with Crippen molar-refractivity contribution in [3.8, 4) is 0 Å². The monoisotopic (exact) mass is 359 g/mol. The van der Waals surface area contributed by atoms with Crippen molar-refractivity contribution in [3.05, 3.63) is 63.9 Å². The maximum absolute atomic E-state index is 13.6. The number of halogens is 2. The summed E-state index contributed by atoms with van der Waals surface area (Å²) >= 11 is 6.01. The minimum absolute atomic E-state index is 0.0763. The maximum Gasteiger partial charge on any atom is 0.141 e. The Morgan fingerprint density at radius 3 is 2.68 bits per heavy atom. The first kappa shape index (κ1) is 16.9. The van der Waals surface area contributed by atoms with Crippen LogP contribution < -0.4 is 5.32 Å². The molecular formula is C21H23ClFNO. The Hall–Kier alpha value is -1.58. The van der Waals surface area contributed by atoms with Crippen LogP contribution in [0.15, 0.2) is 36.4 Å². The predicted octanol–water partition coefficient (Wildman–Crippen LogP) is 6.02. The molecule has 25 heavy (non-hydrogen) atoms. The summed E-state index contributed by atoms with van der Waals surface area (Å²) in [4.78, 5) is 0. The van der Waals surface area contributed by atoms with Crippen LogP contribution in [0.4, 0.5) is 10.1 Å². The third-order valence-corrected chi connectivity index (χ3v) is 5.69. The smallest absolute Gasteiger partial charge is 0.141 e. The molecule has 1 N–H and O–H groups in total. The number of anilines is 1. The number of hydrogen-bond donors (Lipinski definition) is 1. The highest BCUT2D eigenvalue weighted by Gasteiger charge is 2.41. The Labute approximate surface area is 153 Å². The molecular weight excluding hydrogens is 337 g/mol. The van der Waals surface area contributed by atoms with Gasteiger partial charge in [-0.05, 0) is 41.2 Å². The lowest BCUT2D eigenvalue weighted by Gasteiger charge is -2.37. The van der Waals surface area contributed by atoms with E-state index < -0.39 is 0 Å². The van der Waals surface area contributed by atoms with Crippen LogP contribution in [0.1, 0.15) is 56.0 Å². The fraction of sp³-hybridized carbons (Fsp3) is 0.429. The number of rotatable bonds is 1. The normalized spacial score (nSPS) is 25.2. The van der Waals surface area contributed by atoms with Crippen LogP contribution in [0.2, 0.25) is 5.02 Å². The summed E-state index contributed by atoms with van der Waals surface area (Å²) in [7, 11) is 0. The first-order valence-corrected chi connectivity index (χ1v) is 9.20. The molecule has 0 spiro atoms. The zero-order chi connectivity index (χ0) is 17.8. The topological polar surface area (TPSA) is 21.3 Å². The maximum atomic E-state index is 13.6. The molecule has 0 amide bonds. The van der Waals surface area contributed by atoms with Gasteiger partial charge < -0.3 is 10.1 Å². The molecule has 4 rings (SSSR count). The first-order valence-electron chi connectivity index (χ1n) is 8.82. The molecule has 0 saturated carbocycles. The molecule has 2 aromatic carbocycles. The van der Waals surface area contributed by atoms with Crippen LogP contribution in [0.25, 0.3) is 0 Å². The summed E-state index contributed by atoms with van der Waals surface area (Å²) in [6, 6.07) is 11.7. The first-order chi connectivity index (χ1) is 11.8. The molecule has 1 fully saturated rings. The Morgan fingerprint density at radius 2 is 1.96 bits per heavy atom. The van der Waals surface area contributed by atoms with Crippen molar-refractivity contribution in [2.75, 3.05) is 11.9 Å². The fourth-order valence-corrected chi connectivity index (χ4v) is 4.16. The van der Waals surface area contributed by atoms with Crippen LogP contribution in [0, 0.1) is 11.7 Å². The number of nitrogens with one attached hydrogen (secondary N) is 1. The quantitative estimate of drug-likeness (QED) is 0.672. The van der Waals surface area contributed by atoms with Gasteiger partial charge >= 0.3 is 0 Å². The van der Waals surface area contributed by atoms with Gasteiger partial charge in [-0.3, -0.25) is 0 Å². The second kappa shape index (κ2) is 6.00. The lowest BCUT2D eigenvalue weighted by Crippen LogP contribution is -2.29. The minimum Gasteiger partial charge on any atom is -0.378 e. The van der Waals surface area contributed by atoms with Gasteiger partial charge in [-0.25, -0.2) is 4.39 Å². The summed E-state index contributed by atoms with van der Waals surface area (Å²) in [6.07, 6.45) is 1.06. The van der Waals surface area contributed by atoms with Gasteiger partial charge in [-0.1, -0.05) is 50.6 Å². The van der Waals surface area contributed by atoms with Crippen LogP contribution in [-0.4, -0.2) is 6.61 Å². The van der Waals surface area contributed by atoms with Gasteiger partial charge in [-0.15, -0.1) is 0 Å². The summed E-state index contributed by atoms with van der Waals surface area (Å²) in [6.45, 7) is 7.42. The number of ether oxygens (including phenoxy) is 1. The highest BCUT2D eigenvalue weighted by molar-refractivity contribution is 6.30. The molecule has 4 heteroatoms. The van der Waals surface area contributed by atoms with Gasteiger partial charge in [-0.2, -0.15) is 0 Å². The highest BCUT2D eigenvalue weighted by Crippen LogP contribution is 2.50. The second-order valence-corrected chi connectivity index (χ2v) is 8.50. The van der Waals surface area contributed by atoms with Crippen LogP contribution in [0.5, 0.6) is 0 Å². The number of hydrogen-bond acceptors (Lipinski definition) is 2. The molecule has 2 nitrogen and oxygen atoms in total. The SMILES string of the molecule is CC(C)(C)c1ccc2c(c1)[C@H]1OCC[C@H]1C(c1ccc(F)c(Cl)c1)N2. The molecule has 0 bridgehead atoms. The van der Waals surface area contributed by atoms with Gasteiger partial charge in [0.25, 0.3) is 0 Å². The van der Waals surface area contributed by atoms with Crippen molar-refractivity contribution in [2.45, 2.75) is 44.8 Å². The molecule has 1 saturated heterocycles. The van der Waals surface area contributed by atoms with Crippen LogP contribution >= 0.6 is 11.6 Å². The molecule has 2 aromatic rings. The van der Waals surface area contributed by atoms with E-state index in [0.29, 0.717) is 5.92 Å². The van der Waals surface area contributed by atoms with Gasteiger partial charge in [0.05, 0.1) is 17.2 Å². The van der Waals surface area contributed by atoms with Crippen molar-refractivity contribution in [1.82, 2.24) is 0 Å². The van der Waals surface area contributed by atoms with E-state index in [1.54, 1.807) is 6.07 Å². The van der Waals surface area contributed by atoms with Crippen LogP contribution in [0.3, 0.4) is 0 Å². The molecule has 0 radical (unpaired) electrons. The van der Waals surface area contributed by atoms with Gasteiger partial charge in [0, 0.05) is 23.8 Å². The van der Waals surface area contributed by atoms with E-state index >= 15 is 0 Å². The third kappa shape index (κ3) is 2.94. The van der Waals surface area contributed by atoms with Gasteiger partial charge in [0.15, 0.2) is 0 Å². The predicted molar refractivity (Wildman–Crippen MR) is 99.7 cm³/mol. The van der Waals surface area contributed by atoms with E-state index in [9.17, 15) is 4.39 Å². The molecule has 0 aliphatic carbocycles. The largest absolute Gasteiger partial charge is 0.378 e. The van der Waals surface area contributed by atoms with Gasteiger partial charge in [0.1, 0.15) is 5.82 Å². The van der Waals surface area contributed by atoms with E-state index in [1.807, 2.05) is 6.07 Å². The van der Waals surface area contributed by atoms with E-state index in [1.165, 1.54) is 17.2 Å². The molecule has 132 valence electrons. The molecule has 3 atom stereocenters. The lowest BCUT2D eigenvalue weighted by atomic mass is 9.78. The second-order valence-electron chi connectivity index (χ2n) is 8.09. The Morgan fingerprint density at radius 1 is 1.16 bits per heavy atom. The summed E-state index contributed by atoms with van der Waals surface area (Å²) in [5.74, 6) is -0.0556. The van der Waals surface area contributed by atoms with E-state index in [-0.39, 0.29) is 28.4 Å². The summed E-state index contributed by atoms with van der Waals surface area (Å²) in [5, 5.41) is 3.82. The van der Waals surface area contributed by atoms with E-state index in [4.69, 9.17) is 16.3 Å². The molecule has 2 heterocycles. The van der Waals surface area contributed by atoms with Crippen molar-refractivity contribution in [2.24, 2.45) is 5.92 Å². The molecule has 0 aromatic heterocycles. The summed E-state index contributed by atoms with van der Waals surface area (Å²) in [5.41, 5.74) is 4.76. The van der Waals surface area contributed by atoms with Crippen molar-refractivity contribution in [3.63, 3.8) is 0 Å². The van der Waals surface area contributed by atoms with Crippen molar-refractivity contribution in [1.29, 1.82) is 0 Å². The average Bonchev–Trinajstić information content (AvgIpc) is 3.05. The number of fused-ring (bicyclic) bond motifs is 3. The zero-order valence-electron chi connectivity index (χ0n) is 14.8. The standard InChI is InChI=1S/C21H23ClFNO/c1-21(2,3)13-5-7-18-15(11-13)20-14(8-9-25-20)19(24-18)12-4-6-17(23)16(22)10-12/h4-7,10-11,14,19-20,24H,8-9H2,1-3H3/t14-,19?,20-/m0/s1. The van der Waals surface area contributed by atoms with Crippen molar-refractivity contribution < 1.29 is 9.13 Å². The lowest BCUT2D eigenvalue weighted by molar-refractivity contribution is 0.0828. The third-order valence-electron chi connectivity index (χ3n) is 5.40. The van der Waals surface area contributed by atoms with E-state index in [0.717, 1.165) is 24.3 Å². The average molecular weight is 360 g/mol. The van der Waals surface area contributed by atoms with Crippen LogP contribution in [-0.2, 0) is 10.2 Å². The van der Waals surface area contributed by atoms with E-state index in [2.05, 4.69) is 44.3 Å². The fourth-order valence-electron chi connectivity index (χ4n) is 3.97. The molecule has 1 unspecified atom stereocenters. The van der Waals surface area contributed by atoms with Crippen molar-refractivity contribution >= 4 is 17.3 Å². The Kier molecular flexibility index (Phi) is 4.04.